The molecule has 0 saturated carbocycles. The van der Waals surface area contributed by atoms with Crippen molar-refractivity contribution < 1.29 is 0 Å². The summed E-state index contributed by atoms with van der Waals surface area (Å²) in [5.41, 5.74) is 1.95. The van der Waals surface area contributed by atoms with Crippen molar-refractivity contribution in [2.24, 2.45) is 0 Å². The summed E-state index contributed by atoms with van der Waals surface area (Å²) in [7, 11) is 0. The fraction of sp³-hybridized carbons (Fsp3) is 0. The second kappa shape index (κ2) is 4.56. The van der Waals surface area contributed by atoms with E-state index < -0.39 is 0 Å². The third kappa shape index (κ3) is 2.25. The SMILES string of the molecule is S=C(c1ccccc1)c1ccccc1Cl. The van der Waals surface area contributed by atoms with Gasteiger partial charge in [0.05, 0.1) is 4.86 Å². The van der Waals surface area contributed by atoms with Crippen molar-refractivity contribution >= 4 is 28.7 Å². The highest BCUT2D eigenvalue weighted by Gasteiger charge is 2.06. The summed E-state index contributed by atoms with van der Waals surface area (Å²) in [6.45, 7) is 0. The second-order valence-electron chi connectivity index (χ2n) is 3.17. The zero-order chi connectivity index (χ0) is 10.7. The molecular weight excluding hydrogens is 224 g/mol. The summed E-state index contributed by atoms with van der Waals surface area (Å²) < 4.78 is 0. The van der Waals surface area contributed by atoms with Crippen molar-refractivity contribution in [1.82, 2.24) is 0 Å². The Bertz CT molecular complexity index is 477. The summed E-state index contributed by atoms with van der Waals surface area (Å²) in [5.74, 6) is 0. The molecule has 0 aromatic heterocycles. The molecule has 0 heterocycles. The van der Waals surface area contributed by atoms with E-state index in [1.807, 2.05) is 54.6 Å². The van der Waals surface area contributed by atoms with Gasteiger partial charge in [-0.3, -0.25) is 0 Å². The van der Waals surface area contributed by atoms with Crippen molar-refractivity contribution in [3.63, 3.8) is 0 Å². The number of halogens is 1. The summed E-state index contributed by atoms with van der Waals surface area (Å²) in [6, 6.07) is 17.5. The molecule has 2 rings (SSSR count). The lowest BCUT2D eigenvalue weighted by Crippen LogP contribution is -1.99. The van der Waals surface area contributed by atoms with E-state index in [2.05, 4.69) is 0 Å². The predicted molar refractivity (Wildman–Crippen MR) is 68.7 cm³/mol. The lowest BCUT2D eigenvalue weighted by molar-refractivity contribution is 1.62. The molecule has 0 fully saturated rings. The van der Waals surface area contributed by atoms with E-state index in [-0.39, 0.29) is 0 Å². The number of benzene rings is 2. The molecule has 0 N–H and O–H groups in total. The van der Waals surface area contributed by atoms with Crippen LogP contribution in [0, 0.1) is 0 Å². The molecule has 2 aromatic rings. The van der Waals surface area contributed by atoms with E-state index in [0.29, 0.717) is 5.02 Å². The molecular formula is C13H9ClS. The molecule has 0 bridgehead atoms. The standard InChI is InChI=1S/C13H9ClS/c14-12-9-5-4-8-11(12)13(15)10-6-2-1-3-7-10/h1-9H. The maximum atomic E-state index is 6.08. The Balaban J connectivity index is 2.42. The minimum Gasteiger partial charge on any atom is -0.0836 e. The molecule has 0 saturated heterocycles. The van der Waals surface area contributed by atoms with Crippen LogP contribution in [0.4, 0.5) is 0 Å². The van der Waals surface area contributed by atoms with Gasteiger partial charge in [-0.05, 0) is 11.6 Å². The minimum atomic E-state index is 0.700. The molecule has 0 unspecified atom stereocenters. The van der Waals surface area contributed by atoms with Crippen LogP contribution in [-0.2, 0) is 0 Å². The minimum absolute atomic E-state index is 0.700. The van der Waals surface area contributed by atoms with Crippen molar-refractivity contribution in [2.45, 2.75) is 0 Å². The molecule has 0 nitrogen and oxygen atoms in total. The zero-order valence-electron chi connectivity index (χ0n) is 7.98. The van der Waals surface area contributed by atoms with E-state index in [1.54, 1.807) is 0 Å². The van der Waals surface area contributed by atoms with E-state index in [1.165, 1.54) is 0 Å². The Morgan fingerprint density at radius 3 is 2.13 bits per heavy atom. The summed E-state index contributed by atoms with van der Waals surface area (Å²) >= 11 is 11.5. The Morgan fingerprint density at radius 1 is 0.867 bits per heavy atom. The largest absolute Gasteiger partial charge is 0.0836 e. The first-order valence-corrected chi connectivity index (χ1v) is 5.42. The molecule has 15 heavy (non-hydrogen) atoms. The first-order valence-electron chi connectivity index (χ1n) is 4.63. The number of hydrogen-bond donors (Lipinski definition) is 0. The van der Waals surface area contributed by atoms with Crippen LogP contribution in [0.2, 0.25) is 5.02 Å². The Hall–Kier alpha value is -1.18. The van der Waals surface area contributed by atoms with Crippen LogP contribution >= 0.6 is 23.8 Å². The third-order valence-electron chi connectivity index (χ3n) is 2.15. The molecule has 0 atom stereocenters. The first kappa shape index (κ1) is 10.3. The van der Waals surface area contributed by atoms with E-state index in [9.17, 15) is 0 Å². The molecule has 0 aliphatic rings. The molecule has 0 aliphatic heterocycles. The highest BCUT2D eigenvalue weighted by atomic mass is 35.5. The topological polar surface area (TPSA) is 0 Å². The first-order chi connectivity index (χ1) is 7.29. The average Bonchev–Trinajstić information content (AvgIpc) is 2.30. The van der Waals surface area contributed by atoms with E-state index >= 15 is 0 Å². The molecule has 0 amide bonds. The smallest absolute Gasteiger partial charge is 0.0536 e. The van der Waals surface area contributed by atoms with Gasteiger partial charge in [-0.2, -0.15) is 0 Å². The monoisotopic (exact) mass is 232 g/mol. The summed E-state index contributed by atoms with van der Waals surface area (Å²) in [5, 5.41) is 0.700. The molecule has 2 heteroatoms. The highest BCUT2D eigenvalue weighted by Crippen LogP contribution is 2.19. The van der Waals surface area contributed by atoms with Gasteiger partial charge in [0.1, 0.15) is 0 Å². The summed E-state index contributed by atoms with van der Waals surface area (Å²) in [6.07, 6.45) is 0. The zero-order valence-corrected chi connectivity index (χ0v) is 9.55. The lowest BCUT2D eigenvalue weighted by atomic mass is 10.1. The van der Waals surface area contributed by atoms with Crippen LogP contribution in [-0.4, -0.2) is 4.86 Å². The van der Waals surface area contributed by atoms with Crippen LogP contribution in [0.5, 0.6) is 0 Å². The van der Waals surface area contributed by atoms with Crippen LogP contribution < -0.4 is 0 Å². The molecule has 74 valence electrons. The van der Waals surface area contributed by atoms with E-state index in [0.717, 1.165) is 16.0 Å². The second-order valence-corrected chi connectivity index (χ2v) is 3.99. The Kier molecular flexibility index (Phi) is 3.14. The number of thiocarbonyl (C=S) groups is 1. The molecule has 0 aliphatic carbocycles. The normalized spacial score (nSPS) is 9.93. The van der Waals surface area contributed by atoms with Crippen LogP contribution in [0.1, 0.15) is 11.1 Å². The van der Waals surface area contributed by atoms with Gasteiger partial charge < -0.3 is 0 Å². The van der Waals surface area contributed by atoms with E-state index in [4.69, 9.17) is 23.8 Å². The van der Waals surface area contributed by atoms with Gasteiger partial charge in [-0.15, -0.1) is 0 Å². The van der Waals surface area contributed by atoms with Gasteiger partial charge in [0, 0.05) is 10.6 Å². The van der Waals surface area contributed by atoms with Gasteiger partial charge in [0.15, 0.2) is 0 Å². The van der Waals surface area contributed by atoms with Crippen LogP contribution in [0.15, 0.2) is 54.6 Å². The third-order valence-corrected chi connectivity index (χ3v) is 2.94. The van der Waals surface area contributed by atoms with Crippen LogP contribution in [0.3, 0.4) is 0 Å². The van der Waals surface area contributed by atoms with Crippen molar-refractivity contribution in [3.8, 4) is 0 Å². The Labute approximate surface area is 99.5 Å². The fourth-order valence-electron chi connectivity index (χ4n) is 1.39. The van der Waals surface area contributed by atoms with Gasteiger partial charge in [0.2, 0.25) is 0 Å². The highest BCUT2D eigenvalue weighted by molar-refractivity contribution is 7.81. The summed E-state index contributed by atoms with van der Waals surface area (Å²) in [4.78, 5) is 0.793. The maximum Gasteiger partial charge on any atom is 0.0536 e. The lowest BCUT2D eigenvalue weighted by Gasteiger charge is -2.05. The fourth-order valence-corrected chi connectivity index (χ4v) is 1.99. The predicted octanol–water partition coefficient (Wildman–Crippen LogP) is 4.11. The number of rotatable bonds is 2. The van der Waals surface area contributed by atoms with Crippen molar-refractivity contribution in [1.29, 1.82) is 0 Å². The average molecular weight is 233 g/mol. The van der Waals surface area contributed by atoms with Gasteiger partial charge >= 0.3 is 0 Å². The van der Waals surface area contributed by atoms with Crippen molar-refractivity contribution in [3.05, 3.63) is 70.7 Å². The van der Waals surface area contributed by atoms with Gasteiger partial charge in [0.25, 0.3) is 0 Å². The Morgan fingerprint density at radius 2 is 1.47 bits per heavy atom. The van der Waals surface area contributed by atoms with Gasteiger partial charge in [-0.1, -0.05) is 72.3 Å². The molecule has 2 aromatic carbocycles. The van der Waals surface area contributed by atoms with Gasteiger partial charge in [-0.25, -0.2) is 0 Å². The molecule has 0 spiro atoms. The van der Waals surface area contributed by atoms with Crippen molar-refractivity contribution in [2.75, 3.05) is 0 Å². The maximum absolute atomic E-state index is 6.08. The number of hydrogen-bond acceptors (Lipinski definition) is 1. The van der Waals surface area contributed by atoms with Crippen LogP contribution in [0.25, 0.3) is 0 Å². The quantitative estimate of drug-likeness (QED) is 0.555. The molecule has 0 radical (unpaired) electrons.